The number of rotatable bonds is 9. The molecule has 2 aromatic rings. The molecule has 1 aliphatic carbocycles. The maximum Gasteiger partial charge on any atom is 0.328 e. The predicted octanol–water partition coefficient (Wildman–Crippen LogP) is 4.62. The molecule has 1 heterocycles. The van der Waals surface area contributed by atoms with Crippen LogP contribution in [0.25, 0.3) is 6.08 Å². The van der Waals surface area contributed by atoms with Gasteiger partial charge in [0.1, 0.15) is 12.4 Å². The number of carboxylic acid groups (broad SMARTS) is 1. The predicted molar refractivity (Wildman–Crippen MR) is 133 cm³/mol. The molecule has 0 bridgehead atoms. The number of carbonyl (C=O) groups is 1. The van der Waals surface area contributed by atoms with Gasteiger partial charge in [-0.05, 0) is 61.7 Å². The number of hydrogen-bond donors (Lipinski definition) is 2. The van der Waals surface area contributed by atoms with E-state index in [1.807, 2.05) is 24.3 Å². The molecule has 0 spiro atoms. The van der Waals surface area contributed by atoms with Crippen LogP contribution in [0.2, 0.25) is 0 Å². The standard InChI is InChI=1S/C25H30N2O3.2ClH/c28-25(29)11-8-19-6-9-22(10-7-19)30-17-16-27-14-12-21(13-15-27)26-24-18-23(24)20-4-2-1-3-5-20;;/h1-11,21,23-24,26H,12-18H2,(H,28,29);2*1H/b11-8+;;/t23-,24+;;/m0../s1. The van der Waals surface area contributed by atoms with Crippen molar-refractivity contribution in [3.63, 3.8) is 0 Å². The van der Waals surface area contributed by atoms with E-state index in [-0.39, 0.29) is 24.8 Å². The number of carboxylic acids is 1. The van der Waals surface area contributed by atoms with E-state index < -0.39 is 5.97 Å². The van der Waals surface area contributed by atoms with Crippen molar-refractivity contribution in [3.8, 4) is 5.75 Å². The van der Waals surface area contributed by atoms with Gasteiger partial charge in [0.2, 0.25) is 0 Å². The number of nitrogens with one attached hydrogen (secondary N) is 1. The second-order valence-corrected chi connectivity index (χ2v) is 8.23. The lowest BCUT2D eigenvalue weighted by Crippen LogP contribution is -2.44. The van der Waals surface area contributed by atoms with Crippen LogP contribution in [0.15, 0.2) is 60.7 Å². The molecule has 2 N–H and O–H groups in total. The number of halogens is 2. The summed E-state index contributed by atoms with van der Waals surface area (Å²) in [6.07, 6.45) is 6.38. The van der Waals surface area contributed by atoms with Gasteiger partial charge in [0.15, 0.2) is 0 Å². The fourth-order valence-corrected chi connectivity index (χ4v) is 4.21. The van der Waals surface area contributed by atoms with Crippen LogP contribution in [0.4, 0.5) is 0 Å². The summed E-state index contributed by atoms with van der Waals surface area (Å²) in [6, 6.07) is 19.6. The molecule has 2 aliphatic rings. The number of piperidine rings is 1. The molecule has 2 atom stereocenters. The Labute approximate surface area is 202 Å². The summed E-state index contributed by atoms with van der Waals surface area (Å²) in [6.45, 7) is 3.83. The second kappa shape index (κ2) is 12.9. The third-order valence-corrected chi connectivity index (χ3v) is 6.03. The van der Waals surface area contributed by atoms with Crippen molar-refractivity contribution in [1.29, 1.82) is 0 Å². The average Bonchev–Trinajstić information content (AvgIpc) is 3.54. The summed E-state index contributed by atoms with van der Waals surface area (Å²) < 4.78 is 5.86. The van der Waals surface area contributed by atoms with Gasteiger partial charge in [-0.25, -0.2) is 4.79 Å². The fraction of sp³-hybridized carbons (Fsp3) is 0.400. The molecule has 0 unspecified atom stereocenters. The molecule has 1 aliphatic heterocycles. The van der Waals surface area contributed by atoms with E-state index in [2.05, 4.69) is 40.5 Å². The molecule has 0 amide bonds. The molecule has 2 aromatic carbocycles. The molecule has 1 saturated heterocycles. The molecular weight excluding hydrogens is 447 g/mol. The third-order valence-electron chi connectivity index (χ3n) is 6.03. The SMILES string of the molecule is Cl.Cl.O=C(O)/C=C/c1ccc(OCCN2CCC(N[C@@H]3C[C@H]3c3ccccc3)CC2)cc1. The van der Waals surface area contributed by atoms with Gasteiger partial charge in [0, 0.05) is 30.6 Å². The van der Waals surface area contributed by atoms with Crippen molar-refractivity contribution in [3.05, 3.63) is 71.8 Å². The number of benzene rings is 2. The Morgan fingerprint density at radius 3 is 2.41 bits per heavy atom. The normalized spacial score (nSPS) is 20.9. The average molecular weight is 479 g/mol. The monoisotopic (exact) mass is 478 g/mol. The van der Waals surface area contributed by atoms with Gasteiger partial charge < -0.3 is 15.2 Å². The number of likely N-dealkylation sites (tertiary alicyclic amines) is 1. The zero-order chi connectivity index (χ0) is 20.8. The van der Waals surface area contributed by atoms with Crippen molar-refractivity contribution < 1.29 is 14.6 Å². The van der Waals surface area contributed by atoms with Gasteiger partial charge >= 0.3 is 5.97 Å². The van der Waals surface area contributed by atoms with Gasteiger partial charge in [-0.15, -0.1) is 24.8 Å². The topological polar surface area (TPSA) is 61.8 Å². The Morgan fingerprint density at radius 1 is 1.06 bits per heavy atom. The van der Waals surface area contributed by atoms with Gasteiger partial charge in [0.25, 0.3) is 0 Å². The highest BCUT2D eigenvalue weighted by Gasteiger charge is 2.39. The maximum atomic E-state index is 10.6. The summed E-state index contributed by atoms with van der Waals surface area (Å²) in [7, 11) is 0. The van der Waals surface area contributed by atoms with Crippen LogP contribution in [-0.2, 0) is 4.79 Å². The van der Waals surface area contributed by atoms with Crippen LogP contribution in [0.1, 0.15) is 36.3 Å². The fourth-order valence-electron chi connectivity index (χ4n) is 4.21. The summed E-state index contributed by atoms with van der Waals surface area (Å²) in [5, 5.41) is 12.5. The molecule has 4 rings (SSSR count). The minimum Gasteiger partial charge on any atom is -0.492 e. The van der Waals surface area contributed by atoms with Crippen molar-refractivity contribution in [2.45, 2.75) is 37.3 Å². The smallest absolute Gasteiger partial charge is 0.328 e. The summed E-state index contributed by atoms with van der Waals surface area (Å²) in [5.41, 5.74) is 2.32. The van der Waals surface area contributed by atoms with Crippen molar-refractivity contribution in [2.24, 2.45) is 0 Å². The Balaban J connectivity index is 0.00000181. The van der Waals surface area contributed by atoms with Gasteiger partial charge in [-0.3, -0.25) is 4.90 Å². The highest BCUT2D eigenvalue weighted by molar-refractivity contribution is 5.86. The van der Waals surface area contributed by atoms with Crippen LogP contribution >= 0.6 is 24.8 Å². The maximum absolute atomic E-state index is 10.6. The van der Waals surface area contributed by atoms with E-state index in [1.165, 1.54) is 24.8 Å². The van der Waals surface area contributed by atoms with E-state index in [4.69, 9.17) is 9.84 Å². The zero-order valence-corrected chi connectivity index (χ0v) is 19.7. The number of aliphatic carboxylic acids is 1. The first-order valence-electron chi connectivity index (χ1n) is 10.8. The number of ether oxygens (including phenoxy) is 1. The molecule has 32 heavy (non-hydrogen) atoms. The Morgan fingerprint density at radius 2 is 1.75 bits per heavy atom. The number of nitrogens with zero attached hydrogens (tertiary/aromatic N) is 1. The van der Waals surface area contributed by atoms with E-state index in [1.54, 1.807) is 6.08 Å². The summed E-state index contributed by atoms with van der Waals surface area (Å²) >= 11 is 0. The lowest BCUT2D eigenvalue weighted by Gasteiger charge is -2.32. The van der Waals surface area contributed by atoms with Crippen LogP contribution in [0.5, 0.6) is 5.75 Å². The van der Waals surface area contributed by atoms with E-state index in [0.717, 1.165) is 37.0 Å². The van der Waals surface area contributed by atoms with Crippen molar-refractivity contribution in [1.82, 2.24) is 10.2 Å². The molecule has 1 saturated carbocycles. The minimum atomic E-state index is -0.942. The first-order valence-corrected chi connectivity index (χ1v) is 10.8. The molecule has 0 aromatic heterocycles. The van der Waals surface area contributed by atoms with E-state index in [0.29, 0.717) is 24.6 Å². The minimum absolute atomic E-state index is 0. The van der Waals surface area contributed by atoms with Crippen LogP contribution in [0, 0.1) is 0 Å². The molecule has 2 fully saturated rings. The Hall–Kier alpha value is -2.05. The quantitative estimate of drug-likeness (QED) is 0.514. The molecule has 7 heteroatoms. The van der Waals surface area contributed by atoms with E-state index >= 15 is 0 Å². The molecular formula is C25H32Cl2N2O3. The van der Waals surface area contributed by atoms with Crippen LogP contribution in [-0.4, -0.2) is 54.3 Å². The lowest BCUT2D eigenvalue weighted by molar-refractivity contribution is -0.131. The lowest BCUT2D eigenvalue weighted by atomic mass is 10.0. The largest absolute Gasteiger partial charge is 0.492 e. The van der Waals surface area contributed by atoms with Crippen molar-refractivity contribution in [2.75, 3.05) is 26.2 Å². The van der Waals surface area contributed by atoms with Gasteiger partial charge in [-0.1, -0.05) is 42.5 Å². The van der Waals surface area contributed by atoms with Crippen LogP contribution < -0.4 is 10.1 Å². The highest BCUT2D eigenvalue weighted by atomic mass is 35.5. The first kappa shape index (κ1) is 26.2. The van der Waals surface area contributed by atoms with Crippen molar-refractivity contribution >= 4 is 36.9 Å². The molecule has 5 nitrogen and oxygen atoms in total. The molecule has 0 radical (unpaired) electrons. The molecule has 174 valence electrons. The highest BCUT2D eigenvalue weighted by Crippen LogP contribution is 2.41. The number of hydrogen-bond acceptors (Lipinski definition) is 4. The van der Waals surface area contributed by atoms with Crippen LogP contribution in [0.3, 0.4) is 0 Å². The Bertz CT molecular complexity index is 853. The summed E-state index contributed by atoms with van der Waals surface area (Å²) in [5.74, 6) is 0.575. The third kappa shape index (κ3) is 7.82. The van der Waals surface area contributed by atoms with E-state index in [9.17, 15) is 4.79 Å². The first-order chi connectivity index (χ1) is 14.7. The Kier molecular flexibility index (Phi) is 10.5. The summed E-state index contributed by atoms with van der Waals surface area (Å²) in [4.78, 5) is 13.0. The second-order valence-electron chi connectivity index (χ2n) is 8.23. The zero-order valence-electron chi connectivity index (χ0n) is 18.1. The van der Waals surface area contributed by atoms with Gasteiger partial charge in [0.05, 0.1) is 0 Å². The van der Waals surface area contributed by atoms with Gasteiger partial charge in [-0.2, -0.15) is 0 Å².